The lowest BCUT2D eigenvalue weighted by atomic mass is 10.1. The quantitative estimate of drug-likeness (QED) is 0.284. The summed E-state index contributed by atoms with van der Waals surface area (Å²) in [6.07, 6.45) is 2.45. The first kappa shape index (κ1) is 23.9. The molecule has 0 fully saturated rings. The largest absolute Gasteiger partial charge is 0.356 e. The molecule has 0 aliphatic heterocycles. The predicted molar refractivity (Wildman–Crippen MR) is 127 cm³/mol. The third kappa shape index (κ3) is 9.73. The molecule has 0 aliphatic rings. The number of aliphatic imine (C=N–C) groups is 1. The Morgan fingerprint density at radius 3 is 2.18 bits per heavy atom. The lowest BCUT2D eigenvalue weighted by Crippen LogP contribution is -2.43. The minimum atomic E-state index is 0. The highest BCUT2D eigenvalue weighted by Crippen LogP contribution is 2.04. The molecule has 6 heteroatoms. The molecule has 1 amide bonds. The van der Waals surface area contributed by atoms with Crippen molar-refractivity contribution >= 4 is 35.8 Å². The van der Waals surface area contributed by atoms with Gasteiger partial charge in [0.1, 0.15) is 0 Å². The van der Waals surface area contributed by atoms with E-state index in [0.717, 1.165) is 24.4 Å². The predicted octanol–water partition coefficient (Wildman–Crippen LogP) is 3.50. The summed E-state index contributed by atoms with van der Waals surface area (Å²) in [5, 5.41) is 9.51. The van der Waals surface area contributed by atoms with Crippen LogP contribution in [0, 0.1) is 0 Å². The maximum atomic E-state index is 12.0. The molecule has 1 atom stereocenters. The number of nitrogens with one attached hydrogen (secondary N) is 3. The summed E-state index contributed by atoms with van der Waals surface area (Å²) in [6, 6.07) is 20.7. The minimum Gasteiger partial charge on any atom is -0.356 e. The van der Waals surface area contributed by atoms with Gasteiger partial charge in [-0.05, 0) is 30.9 Å². The Kier molecular flexibility index (Phi) is 12.0. The Morgan fingerprint density at radius 1 is 0.964 bits per heavy atom. The van der Waals surface area contributed by atoms with Crippen molar-refractivity contribution in [2.75, 3.05) is 13.6 Å². The third-order valence-electron chi connectivity index (χ3n) is 4.29. The van der Waals surface area contributed by atoms with Crippen LogP contribution in [0.1, 0.15) is 30.9 Å². The fourth-order valence-electron chi connectivity index (χ4n) is 2.71. The number of carbonyl (C=O) groups excluding carboxylic acids is 1. The van der Waals surface area contributed by atoms with Crippen LogP contribution in [0.25, 0.3) is 0 Å². The highest BCUT2D eigenvalue weighted by atomic mass is 127. The van der Waals surface area contributed by atoms with Crippen LogP contribution in [0.2, 0.25) is 0 Å². The maximum absolute atomic E-state index is 12.0. The monoisotopic (exact) mass is 494 g/mol. The molecule has 5 nitrogen and oxygen atoms in total. The first-order valence-corrected chi connectivity index (χ1v) is 9.49. The molecule has 0 heterocycles. The van der Waals surface area contributed by atoms with E-state index < -0.39 is 0 Å². The first-order chi connectivity index (χ1) is 13.2. The van der Waals surface area contributed by atoms with E-state index in [9.17, 15) is 4.79 Å². The van der Waals surface area contributed by atoms with Crippen molar-refractivity contribution in [1.29, 1.82) is 0 Å². The van der Waals surface area contributed by atoms with Gasteiger partial charge in [-0.25, -0.2) is 0 Å². The van der Waals surface area contributed by atoms with Gasteiger partial charge in [-0.1, -0.05) is 60.7 Å². The van der Waals surface area contributed by atoms with Crippen molar-refractivity contribution in [2.24, 2.45) is 4.99 Å². The third-order valence-corrected chi connectivity index (χ3v) is 4.29. The van der Waals surface area contributed by atoms with Crippen molar-refractivity contribution in [3.63, 3.8) is 0 Å². The van der Waals surface area contributed by atoms with Crippen LogP contribution in [-0.2, 0) is 17.8 Å². The zero-order chi connectivity index (χ0) is 19.3. The van der Waals surface area contributed by atoms with Crippen molar-refractivity contribution in [1.82, 2.24) is 16.0 Å². The lowest BCUT2D eigenvalue weighted by Gasteiger charge is -2.18. The number of nitrogens with zero attached hydrogens (tertiary/aromatic N) is 1. The van der Waals surface area contributed by atoms with Crippen molar-refractivity contribution < 1.29 is 4.79 Å². The van der Waals surface area contributed by atoms with Crippen molar-refractivity contribution in [2.45, 2.75) is 38.8 Å². The molecule has 1 unspecified atom stereocenters. The molecule has 2 aromatic carbocycles. The fourth-order valence-corrected chi connectivity index (χ4v) is 2.71. The molecule has 0 aliphatic carbocycles. The van der Waals surface area contributed by atoms with Gasteiger partial charge in [-0.15, -0.1) is 24.0 Å². The van der Waals surface area contributed by atoms with Gasteiger partial charge in [0.2, 0.25) is 5.91 Å². The molecule has 0 saturated heterocycles. The van der Waals surface area contributed by atoms with Gasteiger partial charge in [0, 0.05) is 32.6 Å². The number of benzene rings is 2. The standard InChI is InChI=1S/C22H30N4O.HI/c1-18(13-14-19-9-5-3-6-10-19)26-22(23-2)24-16-15-21(27)25-17-20-11-7-4-8-12-20;/h3-12,18H,13-17H2,1-2H3,(H,25,27)(H2,23,24,26);1H. The molecule has 0 bridgehead atoms. The van der Waals surface area contributed by atoms with Crippen LogP contribution in [-0.4, -0.2) is 31.5 Å². The minimum absolute atomic E-state index is 0. The van der Waals surface area contributed by atoms with Crippen LogP contribution in [0.5, 0.6) is 0 Å². The summed E-state index contributed by atoms with van der Waals surface area (Å²) in [6.45, 7) is 3.25. The van der Waals surface area contributed by atoms with E-state index in [4.69, 9.17) is 0 Å². The summed E-state index contributed by atoms with van der Waals surface area (Å²) >= 11 is 0. The number of aryl methyl sites for hydroxylation is 1. The van der Waals surface area contributed by atoms with Crippen molar-refractivity contribution in [3.05, 3.63) is 71.8 Å². The highest BCUT2D eigenvalue weighted by molar-refractivity contribution is 14.0. The van der Waals surface area contributed by atoms with E-state index in [0.29, 0.717) is 25.6 Å². The summed E-state index contributed by atoms with van der Waals surface area (Å²) in [5.74, 6) is 0.755. The zero-order valence-corrected chi connectivity index (χ0v) is 19.0. The Hall–Kier alpha value is -2.09. The molecule has 0 spiro atoms. The summed E-state index contributed by atoms with van der Waals surface area (Å²) in [4.78, 5) is 16.2. The lowest BCUT2D eigenvalue weighted by molar-refractivity contribution is -0.121. The van der Waals surface area contributed by atoms with Gasteiger partial charge in [0.05, 0.1) is 0 Å². The second-order valence-electron chi connectivity index (χ2n) is 6.58. The van der Waals surface area contributed by atoms with Crippen LogP contribution >= 0.6 is 24.0 Å². The van der Waals surface area contributed by atoms with Crippen LogP contribution in [0.4, 0.5) is 0 Å². The Morgan fingerprint density at radius 2 is 1.57 bits per heavy atom. The number of rotatable bonds is 9. The second-order valence-corrected chi connectivity index (χ2v) is 6.58. The Balaban J connectivity index is 0.00000392. The second kappa shape index (κ2) is 14.0. The van der Waals surface area contributed by atoms with Gasteiger partial charge in [-0.3, -0.25) is 9.79 Å². The average Bonchev–Trinajstić information content (AvgIpc) is 2.71. The average molecular weight is 494 g/mol. The van der Waals surface area contributed by atoms with E-state index in [1.165, 1.54) is 5.56 Å². The molecule has 0 aromatic heterocycles. The molecule has 0 radical (unpaired) electrons. The van der Waals surface area contributed by atoms with Gasteiger partial charge in [0.25, 0.3) is 0 Å². The number of carbonyl (C=O) groups is 1. The molecule has 152 valence electrons. The normalized spacial score (nSPS) is 11.9. The molecule has 28 heavy (non-hydrogen) atoms. The smallest absolute Gasteiger partial charge is 0.222 e. The summed E-state index contributed by atoms with van der Waals surface area (Å²) < 4.78 is 0. The van der Waals surface area contributed by atoms with E-state index in [1.807, 2.05) is 36.4 Å². The summed E-state index contributed by atoms with van der Waals surface area (Å²) in [5.41, 5.74) is 2.44. The van der Waals surface area contributed by atoms with E-state index in [1.54, 1.807) is 7.05 Å². The van der Waals surface area contributed by atoms with Gasteiger partial charge in [-0.2, -0.15) is 0 Å². The molecule has 2 rings (SSSR count). The molecular weight excluding hydrogens is 463 g/mol. The fraction of sp³-hybridized carbons (Fsp3) is 0.364. The SMILES string of the molecule is CN=C(NCCC(=O)NCc1ccccc1)NC(C)CCc1ccccc1.I. The Labute approximate surface area is 185 Å². The van der Waals surface area contributed by atoms with Crippen LogP contribution in [0.15, 0.2) is 65.7 Å². The number of hydrogen-bond acceptors (Lipinski definition) is 2. The molecule has 2 aromatic rings. The van der Waals surface area contributed by atoms with E-state index >= 15 is 0 Å². The van der Waals surface area contributed by atoms with Gasteiger partial charge >= 0.3 is 0 Å². The molecule has 3 N–H and O–H groups in total. The van der Waals surface area contributed by atoms with Crippen LogP contribution in [0.3, 0.4) is 0 Å². The van der Waals surface area contributed by atoms with Crippen LogP contribution < -0.4 is 16.0 Å². The van der Waals surface area contributed by atoms with Gasteiger partial charge < -0.3 is 16.0 Å². The van der Waals surface area contributed by atoms with E-state index in [2.05, 4.69) is 52.1 Å². The van der Waals surface area contributed by atoms with Crippen molar-refractivity contribution in [3.8, 4) is 0 Å². The number of guanidine groups is 1. The number of halogens is 1. The van der Waals surface area contributed by atoms with E-state index in [-0.39, 0.29) is 29.9 Å². The maximum Gasteiger partial charge on any atom is 0.222 e. The number of hydrogen-bond donors (Lipinski definition) is 3. The highest BCUT2D eigenvalue weighted by Gasteiger charge is 2.07. The zero-order valence-electron chi connectivity index (χ0n) is 16.7. The number of amides is 1. The molecular formula is C22H31IN4O. The molecule has 0 saturated carbocycles. The summed E-state index contributed by atoms with van der Waals surface area (Å²) in [7, 11) is 1.74. The van der Waals surface area contributed by atoms with Gasteiger partial charge in [0.15, 0.2) is 5.96 Å². The topological polar surface area (TPSA) is 65.5 Å². The Bertz CT molecular complexity index is 707. The first-order valence-electron chi connectivity index (χ1n) is 9.49.